The van der Waals surface area contributed by atoms with Crippen molar-refractivity contribution in [1.29, 1.82) is 0 Å². The predicted octanol–water partition coefficient (Wildman–Crippen LogP) is 1.58. The van der Waals surface area contributed by atoms with Crippen molar-refractivity contribution in [3.8, 4) is 0 Å². The minimum atomic E-state index is -3.25. The average molecular weight is 285 g/mol. The van der Waals surface area contributed by atoms with Crippen LogP contribution in [-0.2, 0) is 16.4 Å². The number of hydrogen-bond donors (Lipinski definition) is 1. The zero-order chi connectivity index (χ0) is 14.4. The fourth-order valence-corrected chi connectivity index (χ4v) is 2.15. The number of imidazole rings is 1. The maximum absolute atomic E-state index is 13.1. The van der Waals surface area contributed by atoms with Crippen LogP contribution in [0.1, 0.15) is 13.8 Å². The summed E-state index contributed by atoms with van der Waals surface area (Å²) in [4.78, 5) is 4.05. The van der Waals surface area contributed by atoms with E-state index < -0.39 is 20.4 Å². The topological polar surface area (TPSA) is 78.0 Å². The molecule has 0 atom stereocenters. The van der Waals surface area contributed by atoms with Crippen LogP contribution in [0.15, 0.2) is 18.2 Å². The standard InChI is InChI=1S/C12H16FN3O2S/c1-12(2,19(3,17)18)7-16-10-5-4-8(13)6-9(10)15-11(16)14/h4-6H,7H2,1-3H3,(H2,14,15). The summed E-state index contributed by atoms with van der Waals surface area (Å²) in [7, 11) is -3.25. The molecule has 1 heterocycles. The van der Waals surface area contributed by atoms with Gasteiger partial charge in [0.15, 0.2) is 9.84 Å². The zero-order valence-corrected chi connectivity index (χ0v) is 11.8. The Morgan fingerprint density at radius 2 is 2.05 bits per heavy atom. The molecule has 1 aromatic carbocycles. The fourth-order valence-electron chi connectivity index (χ4n) is 1.79. The van der Waals surface area contributed by atoms with E-state index in [4.69, 9.17) is 5.73 Å². The highest BCUT2D eigenvalue weighted by Crippen LogP contribution is 2.24. The summed E-state index contributed by atoms with van der Waals surface area (Å²) in [5, 5.41) is 0. The molecule has 0 saturated carbocycles. The molecule has 0 aliphatic carbocycles. The lowest BCUT2D eigenvalue weighted by Crippen LogP contribution is -2.36. The van der Waals surface area contributed by atoms with Gasteiger partial charge < -0.3 is 10.3 Å². The Labute approximate surface area is 111 Å². The third-order valence-corrected chi connectivity index (χ3v) is 5.42. The Kier molecular flexibility index (Phi) is 3.04. The van der Waals surface area contributed by atoms with Crippen LogP contribution in [0.25, 0.3) is 11.0 Å². The van der Waals surface area contributed by atoms with Crippen molar-refractivity contribution in [2.75, 3.05) is 12.0 Å². The van der Waals surface area contributed by atoms with Gasteiger partial charge in [-0.1, -0.05) is 0 Å². The van der Waals surface area contributed by atoms with Crippen molar-refractivity contribution < 1.29 is 12.8 Å². The number of benzene rings is 1. The largest absolute Gasteiger partial charge is 0.369 e. The highest BCUT2D eigenvalue weighted by molar-refractivity contribution is 7.92. The number of rotatable bonds is 3. The molecular formula is C12H16FN3O2S. The minimum absolute atomic E-state index is 0.166. The molecule has 0 amide bonds. The number of nitrogens with two attached hydrogens (primary N) is 1. The molecular weight excluding hydrogens is 269 g/mol. The summed E-state index contributed by atoms with van der Waals surface area (Å²) in [5.41, 5.74) is 6.83. The first kappa shape index (κ1) is 13.8. The predicted molar refractivity (Wildman–Crippen MR) is 73.0 cm³/mol. The summed E-state index contributed by atoms with van der Waals surface area (Å²) in [6.07, 6.45) is 1.18. The second kappa shape index (κ2) is 4.19. The number of fused-ring (bicyclic) bond motifs is 1. The monoisotopic (exact) mass is 285 g/mol. The SMILES string of the molecule is CC(C)(Cn1c(N)nc2cc(F)ccc21)S(C)(=O)=O. The van der Waals surface area contributed by atoms with Crippen molar-refractivity contribution in [3.63, 3.8) is 0 Å². The molecule has 2 N–H and O–H groups in total. The number of hydrogen-bond acceptors (Lipinski definition) is 4. The Balaban J connectivity index is 2.55. The summed E-state index contributed by atoms with van der Waals surface area (Å²) in [6.45, 7) is 3.41. The van der Waals surface area contributed by atoms with E-state index in [9.17, 15) is 12.8 Å². The van der Waals surface area contributed by atoms with E-state index in [2.05, 4.69) is 4.98 Å². The Morgan fingerprint density at radius 1 is 1.42 bits per heavy atom. The minimum Gasteiger partial charge on any atom is -0.369 e. The summed E-state index contributed by atoms with van der Waals surface area (Å²) in [5.74, 6) is -0.225. The Morgan fingerprint density at radius 3 is 2.63 bits per heavy atom. The van der Waals surface area contributed by atoms with Gasteiger partial charge in [0.25, 0.3) is 0 Å². The number of nitrogens with zero attached hydrogens (tertiary/aromatic N) is 2. The molecule has 19 heavy (non-hydrogen) atoms. The van der Waals surface area contributed by atoms with Gasteiger partial charge in [-0.15, -0.1) is 0 Å². The molecule has 0 bridgehead atoms. The molecule has 0 radical (unpaired) electrons. The van der Waals surface area contributed by atoms with Crippen molar-refractivity contribution in [1.82, 2.24) is 9.55 Å². The molecule has 1 aromatic heterocycles. The number of nitrogen functional groups attached to an aromatic ring is 1. The molecule has 0 fully saturated rings. The van der Waals surface area contributed by atoms with Crippen LogP contribution in [-0.4, -0.2) is 29.0 Å². The van der Waals surface area contributed by atoms with Crippen LogP contribution in [0.5, 0.6) is 0 Å². The maximum Gasteiger partial charge on any atom is 0.201 e. The van der Waals surface area contributed by atoms with Gasteiger partial charge in [-0.3, -0.25) is 0 Å². The van der Waals surface area contributed by atoms with Crippen LogP contribution in [0.3, 0.4) is 0 Å². The lowest BCUT2D eigenvalue weighted by molar-refractivity contribution is 0.511. The first-order chi connectivity index (χ1) is 8.62. The Hall–Kier alpha value is -1.63. The highest BCUT2D eigenvalue weighted by Gasteiger charge is 2.31. The molecule has 7 heteroatoms. The summed E-state index contributed by atoms with van der Waals surface area (Å²) in [6, 6.07) is 4.12. The third kappa shape index (κ3) is 2.42. The summed E-state index contributed by atoms with van der Waals surface area (Å²) < 4.78 is 37.2. The Bertz CT molecular complexity index is 735. The number of halogens is 1. The van der Waals surface area contributed by atoms with Crippen LogP contribution in [0.2, 0.25) is 0 Å². The molecule has 104 valence electrons. The van der Waals surface area contributed by atoms with Gasteiger partial charge >= 0.3 is 0 Å². The van der Waals surface area contributed by atoms with Crippen LogP contribution >= 0.6 is 0 Å². The normalized spacial score (nSPS) is 13.1. The number of aromatic nitrogens is 2. The zero-order valence-electron chi connectivity index (χ0n) is 11.0. The smallest absolute Gasteiger partial charge is 0.201 e. The highest BCUT2D eigenvalue weighted by atomic mass is 32.2. The first-order valence-corrected chi connectivity index (χ1v) is 7.62. The summed E-state index contributed by atoms with van der Waals surface area (Å²) >= 11 is 0. The van der Waals surface area contributed by atoms with Crippen molar-refractivity contribution in [2.45, 2.75) is 25.1 Å². The first-order valence-electron chi connectivity index (χ1n) is 5.73. The third-order valence-electron chi connectivity index (χ3n) is 3.28. The second-order valence-corrected chi connectivity index (χ2v) is 7.87. The van der Waals surface area contributed by atoms with Crippen molar-refractivity contribution >= 4 is 26.8 Å². The number of anilines is 1. The molecule has 0 aliphatic heterocycles. The lowest BCUT2D eigenvalue weighted by atomic mass is 10.2. The van der Waals surface area contributed by atoms with Gasteiger partial charge in [0.1, 0.15) is 5.82 Å². The van der Waals surface area contributed by atoms with E-state index in [0.717, 1.165) is 0 Å². The molecule has 2 rings (SSSR count). The van der Waals surface area contributed by atoms with Crippen molar-refractivity contribution in [2.24, 2.45) is 0 Å². The average Bonchev–Trinajstić information content (AvgIpc) is 2.52. The van der Waals surface area contributed by atoms with E-state index >= 15 is 0 Å². The molecule has 0 unspecified atom stereocenters. The van der Waals surface area contributed by atoms with Gasteiger partial charge in [0.2, 0.25) is 5.95 Å². The second-order valence-electron chi connectivity index (χ2n) is 5.22. The molecule has 2 aromatic rings. The quantitative estimate of drug-likeness (QED) is 0.928. The maximum atomic E-state index is 13.1. The lowest BCUT2D eigenvalue weighted by Gasteiger charge is -2.23. The van der Waals surface area contributed by atoms with Crippen LogP contribution < -0.4 is 5.73 Å². The van der Waals surface area contributed by atoms with E-state index in [1.165, 1.54) is 18.4 Å². The van der Waals surface area contributed by atoms with Gasteiger partial charge in [0, 0.05) is 18.9 Å². The van der Waals surface area contributed by atoms with E-state index in [1.54, 1.807) is 24.5 Å². The van der Waals surface area contributed by atoms with E-state index in [0.29, 0.717) is 11.0 Å². The van der Waals surface area contributed by atoms with Gasteiger partial charge in [-0.05, 0) is 26.0 Å². The van der Waals surface area contributed by atoms with Crippen LogP contribution in [0.4, 0.5) is 10.3 Å². The number of sulfone groups is 1. The fraction of sp³-hybridized carbons (Fsp3) is 0.417. The molecule has 0 aliphatic rings. The van der Waals surface area contributed by atoms with Crippen molar-refractivity contribution in [3.05, 3.63) is 24.0 Å². The van der Waals surface area contributed by atoms with Gasteiger partial charge in [0.05, 0.1) is 15.8 Å². The van der Waals surface area contributed by atoms with Gasteiger partial charge in [-0.2, -0.15) is 0 Å². The molecule has 0 saturated heterocycles. The van der Waals surface area contributed by atoms with E-state index in [-0.39, 0.29) is 12.5 Å². The molecule has 0 spiro atoms. The van der Waals surface area contributed by atoms with Gasteiger partial charge in [-0.25, -0.2) is 17.8 Å². The van der Waals surface area contributed by atoms with E-state index in [1.807, 2.05) is 0 Å². The molecule has 5 nitrogen and oxygen atoms in total. The van der Waals surface area contributed by atoms with Crippen LogP contribution in [0, 0.1) is 5.82 Å².